The van der Waals surface area contributed by atoms with Crippen LogP contribution in [0.5, 0.6) is 0 Å². The van der Waals surface area contributed by atoms with E-state index in [1.165, 1.54) is 0 Å². The fourth-order valence-corrected chi connectivity index (χ4v) is 1.79. The number of nitrogens with zero attached hydrogens (tertiary/aromatic N) is 1. The lowest BCUT2D eigenvalue weighted by molar-refractivity contribution is 0.107. The van der Waals surface area contributed by atoms with Gasteiger partial charge in [-0.05, 0) is 19.3 Å². The van der Waals surface area contributed by atoms with Crippen LogP contribution in [0.25, 0.3) is 0 Å². The summed E-state index contributed by atoms with van der Waals surface area (Å²) in [7, 11) is 0. The number of rotatable bonds is 4. The van der Waals surface area contributed by atoms with E-state index in [-0.39, 0.29) is 11.9 Å². The molecule has 1 unspecified atom stereocenters. The van der Waals surface area contributed by atoms with Gasteiger partial charge in [0.05, 0.1) is 6.10 Å². The van der Waals surface area contributed by atoms with Crippen LogP contribution in [-0.2, 0) is 4.74 Å². The Morgan fingerprint density at radius 1 is 1.35 bits per heavy atom. The summed E-state index contributed by atoms with van der Waals surface area (Å²) < 4.78 is 43.9. The quantitative estimate of drug-likeness (QED) is 0.829. The molecule has 17 heavy (non-hydrogen) atoms. The minimum atomic E-state index is -1.30. The molecule has 1 fully saturated rings. The first-order chi connectivity index (χ1) is 8.16. The molecule has 0 spiro atoms. The van der Waals surface area contributed by atoms with Crippen molar-refractivity contribution in [2.24, 2.45) is 0 Å². The minimum absolute atomic E-state index is 0.163. The maximum Gasteiger partial charge on any atom is 0.251 e. The Balaban J connectivity index is 1.87. The summed E-state index contributed by atoms with van der Waals surface area (Å²) in [6.45, 7) is 1.17. The number of hydrogen-bond acceptors (Lipinski definition) is 3. The third-order valence-electron chi connectivity index (χ3n) is 2.67. The van der Waals surface area contributed by atoms with Crippen LogP contribution in [0, 0.1) is 17.6 Å². The van der Waals surface area contributed by atoms with Gasteiger partial charge in [0.15, 0.2) is 17.5 Å². The number of pyridine rings is 1. The fraction of sp³-hybridized carbons (Fsp3) is 0.545. The van der Waals surface area contributed by atoms with E-state index in [0.717, 1.165) is 19.4 Å². The summed E-state index contributed by atoms with van der Waals surface area (Å²) in [6.07, 6.45) is 2.87. The van der Waals surface area contributed by atoms with Crippen molar-refractivity contribution in [1.29, 1.82) is 0 Å². The van der Waals surface area contributed by atoms with Gasteiger partial charge in [-0.15, -0.1) is 0 Å². The molecule has 6 heteroatoms. The summed E-state index contributed by atoms with van der Waals surface area (Å²) in [5.74, 6) is -3.74. The summed E-state index contributed by atoms with van der Waals surface area (Å²) in [5, 5.41) is 2.64. The average molecular weight is 246 g/mol. The molecule has 3 nitrogen and oxygen atoms in total. The Bertz CT molecular complexity index is 395. The second kappa shape index (κ2) is 5.35. The molecule has 0 aromatic carbocycles. The Labute approximate surface area is 97.0 Å². The number of halogens is 3. The fourth-order valence-electron chi connectivity index (χ4n) is 1.79. The van der Waals surface area contributed by atoms with Gasteiger partial charge >= 0.3 is 0 Å². The first-order valence-electron chi connectivity index (χ1n) is 5.54. The van der Waals surface area contributed by atoms with Gasteiger partial charge in [0.2, 0.25) is 0 Å². The zero-order valence-electron chi connectivity index (χ0n) is 9.18. The van der Waals surface area contributed by atoms with Gasteiger partial charge in [-0.1, -0.05) is 0 Å². The van der Waals surface area contributed by atoms with E-state index in [4.69, 9.17) is 4.74 Å². The molecule has 94 valence electrons. The van der Waals surface area contributed by atoms with Gasteiger partial charge in [0.25, 0.3) is 5.95 Å². The molecule has 1 N–H and O–H groups in total. The standard InChI is InChI=1S/C11H13F3N2O/c12-8-6-9(13)11(16-10(8)14)15-4-3-7-2-1-5-17-7/h6-7H,1-5H2,(H,15,16). The Morgan fingerprint density at radius 2 is 2.18 bits per heavy atom. The topological polar surface area (TPSA) is 34.1 Å². The van der Waals surface area contributed by atoms with Crippen molar-refractivity contribution in [2.45, 2.75) is 25.4 Å². The first-order valence-corrected chi connectivity index (χ1v) is 5.54. The van der Waals surface area contributed by atoms with Crippen molar-refractivity contribution in [2.75, 3.05) is 18.5 Å². The highest BCUT2D eigenvalue weighted by Crippen LogP contribution is 2.17. The lowest BCUT2D eigenvalue weighted by Crippen LogP contribution is -2.14. The Kier molecular flexibility index (Phi) is 3.83. The van der Waals surface area contributed by atoms with Crippen LogP contribution in [0.15, 0.2) is 6.07 Å². The lowest BCUT2D eigenvalue weighted by atomic mass is 10.2. The van der Waals surface area contributed by atoms with Gasteiger partial charge in [-0.3, -0.25) is 0 Å². The SMILES string of the molecule is Fc1cc(F)c(NCCC2CCCO2)nc1F. The molecule has 0 radical (unpaired) electrons. The normalized spacial score (nSPS) is 19.6. The van der Waals surface area contributed by atoms with Crippen molar-refractivity contribution in [3.05, 3.63) is 23.6 Å². The molecule has 0 aliphatic carbocycles. The van der Waals surface area contributed by atoms with E-state index in [1.807, 2.05) is 0 Å². The smallest absolute Gasteiger partial charge is 0.251 e. The van der Waals surface area contributed by atoms with Gasteiger partial charge in [0.1, 0.15) is 0 Å². The molecule has 1 aromatic rings. The van der Waals surface area contributed by atoms with Crippen molar-refractivity contribution in [3.63, 3.8) is 0 Å². The highest BCUT2D eigenvalue weighted by atomic mass is 19.2. The van der Waals surface area contributed by atoms with Gasteiger partial charge in [0, 0.05) is 19.2 Å². The molecule has 1 atom stereocenters. The lowest BCUT2D eigenvalue weighted by Gasteiger charge is -2.10. The molecule has 0 bridgehead atoms. The zero-order chi connectivity index (χ0) is 12.3. The Morgan fingerprint density at radius 3 is 2.88 bits per heavy atom. The van der Waals surface area contributed by atoms with Crippen molar-refractivity contribution < 1.29 is 17.9 Å². The van der Waals surface area contributed by atoms with Crippen LogP contribution < -0.4 is 5.32 Å². The van der Waals surface area contributed by atoms with Gasteiger partial charge in [-0.25, -0.2) is 8.78 Å². The minimum Gasteiger partial charge on any atom is -0.378 e. The second-order valence-corrected chi connectivity index (χ2v) is 3.94. The van der Waals surface area contributed by atoms with Crippen molar-refractivity contribution >= 4 is 5.82 Å². The van der Waals surface area contributed by atoms with E-state index in [0.29, 0.717) is 19.0 Å². The summed E-state index contributed by atoms with van der Waals surface area (Å²) >= 11 is 0. The van der Waals surface area contributed by atoms with E-state index < -0.39 is 17.6 Å². The van der Waals surface area contributed by atoms with E-state index >= 15 is 0 Å². The molecular weight excluding hydrogens is 233 g/mol. The van der Waals surface area contributed by atoms with Gasteiger partial charge in [-0.2, -0.15) is 9.37 Å². The predicted molar refractivity (Wildman–Crippen MR) is 56.2 cm³/mol. The molecule has 2 heterocycles. The third-order valence-corrected chi connectivity index (χ3v) is 2.67. The molecule has 0 saturated carbocycles. The number of aromatic nitrogens is 1. The molecule has 1 aromatic heterocycles. The third kappa shape index (κ3) is 3.09. The van der Waals surface area contributed by atoms with Crippen molar-refractivity contribution in [1.82, 2.24) is 4.98 Å². The monoisotopic (exact) mass is 246 g/mol. The molecule has 1 aliphatic heterocycles. The van der Waals surface area contributed by atoms with Crippen LogP contribution in [0.4, 0.5) is 19.0 Å². The maximum absolute atomic E-state index is 13.2. The van der Waals surface area contributed by atoms with Crippen LogP contribution in [-0.4, -0.2) is 24.2 Å². The number of anilines is 1. The highest BCUT2D eigenvalue weighted by molar-refractivity contribution is 5.35. The molecule has 1 saturated heterocycles. The summed E-state index contributed by atoms with van der Waals surface area (Å²) in [5.41, 5.74) is 0. The number of hydrogen-bond donors (Lipinski definition) is 1. The average Bonchev–Trinajstić information content (AvgIpc) is 2.78. The largest absolute Gasteiger partial charge is 0.378 e. The second-order valence-electron chi connectivity index (χ2n) is 3.94. The molecular formula is C11H13F3N2O. The van der Waals surface area contributed by atoms with Crippen LogP contribution in [0.2, 0.25) is 0 Å². The van der Waals surface area contributed by atoms with Crippen molar-refractivity contribution in [3.8, 4) is 0 Å². The molecule has 0 amide bonds. The van der Waals surface area contributed by atoms with E-state index in [2.05, 4.69) is 10.3 Å². The van der Waals surface area contributed by atoms with E-state index in [9.17, 15) is 13.2 Å². The molecule has 2 rings (SSSR count). The summed E-state index contributed by atoms with van der Waals surface area (Å²) in [4.78, 5) is 3.17. The Hall–Kier alpha value is -1.30. The van der Waals surface area contributed by atoms with Crippen LogP contribution in [0.3, 0.4) is 0 Å². The number of ether oxygens (including phenoxy) is 1. The summed E-state index contributed by atoms with van der Waals surface area (Å²) in [6, 6.07) is 0.483. The van der Waals surface area contributed by atoms with Gasteiger partial charge < -0.3 is 10.1 Å². The van der Waals surface area contributed by atoms with E-state index in [1.54, 1.807) is 0 Å². The zero-order valence-corrected chi connectivity index (χ0v) is 9.18. The highest BCUT2D eigenvalue weighted by Gasteiger charge is 2.16. The molecule has 1 aliphatic rings. The van der Waals surface area contributed by atoms with Crippen LogP contribution >= 0.6 is 0 Å². The first kappa shape index (κ1) is 12.2. The van der Waals surface area contributed by atoms with Crippen LogP contribution in [0.1, 0.15) is 19.3 Å². The predicted octanol–water partition coefficient (Wildman–Crippen LogP) is 2.48. The number of nitrogens with one attached hydrogen (secondary N) is 1. The maximum atomic E-state index is 13.2.